The summed E-state index contributed by atoms with van der Waals surface area (Å²) < 4.78 is 0. The number of aliphatic hydroxyl groups is 1. The standard InChI is InChI=1S/C28H58N2O2/c1-4-7-8-9-10-11-12-13-14-15-16-17-18-19-20-21-22-23-24-25-28(32)30-26(5-2)29-27(31)6-3/h26-27,29,31H,4-25H2,1-3H3,(H,30,32). The molecule has 3 N–H and O–H groups in total. The first kappa shape index (κ1) is 31.4. The molecule has 0 fully saturated rings. The molecule has 2 unspecified atom stereocenters. The maximum atomic E-state index is 12.0. The normalized spacial score (nSPS) is 13.2. The van der Waals surface area contributed by atoms with Crippen molar-refractivity contribution in [3.63, 3.8) is 0 Å². The highest BCUT2D eigenvalue weighted by Gasteiger charge is 2.12. The van der Waals surface area contributed by atoms with Crippen molar-refractivity contribution in [2.24, 2.45) is 0 Å². The fourth-order valence-corrected chi connectivity index (χ4v) is 4.24. The lowest BCUT2D eigenvalue weighted by atomic mass is 10.0. The number of carbonyl (C=O) groups excluding carboxylic acids is 1. The number of amides is 1. The Morgan fingerprint density at radius 2 is 0.969 bits per heavy atom. The molecular formula is C28H58N2O2. The van der Waals surface area contributed by atoms with Gasteiger partial charge in [0.25, 0.3) is 0 Å². The van der Waals surface area contributed by atoms with E-state index in [1.54, 1.807) is 0 Å². The molecular weight excluding hydrogens is 396 g/mol. The van der Waals surface area contributed by atoms with E-state index in [1.165, 1.54) is 109 Å². The molecule has 0 aliphatic rings. The smallest absolute Gasteiger partial charge is 0.221 e. The predicted octanol–water partition coefficient (Wildman–Crippen LogP) is 7.98. The SMILES string of the molecule is CCCCCCCCCCCCCCCCCCCCCC(=O)NC(CC)NC(O)CC. The van der Waals surface area contributed by atoms with E-state index in [0.29, 0.717) is 12.8 Å². The highest BCUT2D eigenvalue weighted by Crippen LogP contribution is 2.14. The van der Waals surface area contributed by atoms with Crippen LogP contribution in [0.4, 0.5) is 0 Å². The van der Waals surface area contributed by atoms with Gasteiger partial charge in [0.1, 0.15) is 6.23 Å². The van der Waals surface area contributed by atoms with Crippen LogP contribution >= 0.6 is 0 Å². The monoisotopic (exact) mass is 454 g/mol. The first-order valence-electron chi connectivity index (χ1n) is 14.4. The molecule has 0 aromatic rings. The summed E-state index contributed by atoms with van der Waals surface area (Å²) in [6.07, 6.45) is 27.3. The van der Waals surface area contributed by atoms with Gasteiger partial charge in [-0.2, -0.15) is 0 Å². The lowest BCUT2D eigenvalue weighted by Gasteiger charge is -2.21. The largest absolute Gasteiger partial charge is 0.379 e. The fourth-order valence-electron chi connectivity index (χ4n) is 4.24. The third-order valence-electron chi connectivity index (χ3n) is 6.53. The van der Waals surface area contributed by atoms with Crippen LogP contribution in [0.3, 0.4) is 0 Å². The van der Waals surface area contributed by atoms with Gasteiger partial charge in [0.15, 0.2) is 0 Å². The van der Waals surface area contributed by atoms with Crippen LogP contribution in [0.15, 0.2) is 0 Å². The van der Waals surface area contributed by atoms with Crippen molar-refractivity contribution in [3.05, 3.63) is 0 Å². The van der Waals surface area contributed by atoms with Gasteiger partial charge < -0.3 is 10.4 Å². The summed E-state index contributed by atoms with van der Waals surface area (Å²) in [6.45, 7) is 6.22. The predicted molar refractivity (Wildman–Crippen MR) is 140 cm³/mol. The van der Waals surface area contributed by atoms with Crippen LogP contribution in [0, 0.1) is 0 Å². The van der Waals surface area contributed by atoms with E-state index in [0.717, 1.165) is 19.3 Å². The van der Waals surface area contributed by atoms with Gasteiger partial charge in [-0.25, -0.2) is 0 Å². The fraction of sp³-hybridized carbons (Fsp3) is 0.964. The minimum absolute atomic E-state index is 0.0969. The van der Waals surface area contributed by atoms with Crippen LogP contribution in [-0.2, 0) is 4.79 Å². The van der Waals surface area contributed by atoms with Crippen LogP contribution < -0.4 is 10.6 Å². The van der Waals surface area contributed by atoms with E-state index in [-0.39, 0.29) is 12.1 Å². The molecule has 0 radical (unpaired) electrons. The van der Waals surface area contributed by atoms with Crippen molar-refractivity contribution >= 4 is 5.91 Å². The summed E-state index contributed by atoms with van der Waals surface area (Å²) in [5.41, 5.74) is 0. The van der Waals surface area contributed by atoms with Crippen molar-refractivity contribution in [3.8, 4) is 0 Å². The summed E-state index contributed by atoms with van der Waals surface area (Å²) in [5.74, 6) is 0.0969. The molecule has 0 spiro atoms. The first-order chi connectivity index (χ1) is 15.6. The number of unbranched alkanes of at least 4 members (excludes halogenated alkanes) is 18. The molecule has 0 aliphatic carbocycles. The lowest BCUT2D eigenvalue weighted by molar-refractivity contribution is -0.122. The molecule has 0 aromatic heterocycles. The molecule has 0 bridgehead atoms. The van der Waals surface area contributed by atoms with Crippen LogP contribution in [0.2, 0.25) is 0 Å². The van der Waals surface area contributed by atoms with Gasteiger partial charge in [-0.05, 0) is 19.3 Å². The molecule has 4 nitrogen and oxygen atoms in total. The van der Waals surface area contributed by atoms with Crippen molar-refractivity contribution < 1.29 is 9.90 Å². The average Bonchev–Trinajstić information content (AvgIpc) is 2.79. The Balaban J connectivity index is 3.28. The molecule has 32 heavy (non-hydrogen) atoms. The zero-order valence-corrected chi connectivity index (χ0v) is 22.1. The molecule has 0 heterocycles. The maximum absolute atomic E-state index is 12.0. The van der Waals surface area contributed by atoms with Crippen LogP contribution in [0.25, 0.3) is 0 Å². The highest BCUT2D eigenvalue weighted by molar-refractivity contribution is 5.76. The van der Waals surface area contributed by atoms with Crippen LogP contribution in [-0.4, -0.2) is 23.4 Å². The quantitative estimate of drug-likeness (QED) is 0.0967. The number of rotatable bonds is 25. The molecule has 0 rings (SSSR count). The second-order valence-corrected chi connectivity index (χ2v) is 9.73. The van der Waals surface area contributed by atoms with Crippen molar-refractivity contribution in [2.75, 3.05) is 0 Å². The molecule has 1 amide bonds. The molecule has 4 heteroatoms. The van der Waals surface area contributed by atoms with E-state index >= 15 is 0 Å². The van der Waals surface area contributed by atoms with E-state index in [2.05, 4.69) is 17.6 Å². The van der Waals surface area contributed by atoms with E-state index in [9.17, 15) is 9.90 Å². The minimum atomic E-state index is -0.546. The molecule has 192 valence electrons. The van der Waals surface area contributed by atoms with Gasteiger partial charge >= 0.3 is 0 Å². The van der Waals surface area contributed by atoms with Crippen LogP contribution in [0.1, 0.15) is 162 Å². The number of aliphatic hydroxyl groups excluding tert-OH is 1. The van der Waals surface area contributed by atoms with Crippen molar-refractivity contribution in [1.82, 2.24) is 10.6 Å². The van der Waals surface area contributed by atoms with E-state index in [4.69, 9.17) is 0 Å². The van der Waals surface area contributed by atoms with E-state index < -0.39 is 6.23 Å². The second-order valence-electron chi connectivity index (χ2n) is 9.73. The third kappa shape index (κ3) is 22.6. The van der Waals surface area contributed by atoms with Gasteiger partial charge in [0, 0.05) is 6.42 Å². The Hall–Kier alpha value is -0.610. The van der Waals surface area contributed by atoms with Crippen molar-refractivity contribution in [1.29, 1.82) is 0 Å². The highest BCUT2D eigenvalue weighted by atomic mass is 16.3. The summed E-state index contributed by atoms with van der Waals surface area (Å²) in [7, 11) is 0. The minimum Gasteiger partial charge on any atom is -0.379 e. The number of carbonyl (C=O) groups is 1. The molecule has 2 atom stereocenters. The zero-order valence-electron chi connectivity index (χ0n) is 22.1. The Kier molecular flexibility index (Phi) is 24.5. The summed E-state index contributed by atoms with van der Waals surface area (Å²) in [5, 5.41) is 15.7. The Labute approximate surface area is 201 Å². The Bertz CT molecular complexity index is 390. The maximum Gasteiger partial charge on any atom is 0.221 e. The Morgan fingerprint density at radius 3 is 1.31 bits per heavy atom. The van der Waals surface area contributed by atoms with Gasteiger partial charge in [0.2, 0.25) is 5.91 Å². The van der Waals surface area contributed by atoms with Gasteiger partial charge in [-0.1, -0.05) is 136 Å². The zero-order chi connectivity index (χ0) is 23.7. The van der Waals surface area contributed by atoms with Gasteiger partial charge in [-0.3, -0.25) is 10.1 Å². The number of hydrogen-bond donors (Lipinski definition) is 3. The molecule has 0 saturated carbocycles. The second kappa shape index (κ2) is 25.0. The number of nitrogens with one attached hydrogen (secondary N) is 2. The summed E-state index contributed by atoms with van der Waals surface area (Å²) in [6, 6.07) is 0. The van der Waals surface area contributed by atoms with E-state index in [1.807, 2.05) is 13.8 Å². The topological polar surface area (TPSA) is 61.4 Å². The summed E-state index contributed by atoms with van der Waals surface area (Å²) in [4.78, 5) is 12.0. The molecule has 0 aromatic carbocycles. The van der Waals surface area contributed by atoms with Gasteiger partial charge in [-0.15, -0.1) is 0 Å². The first-order valence-corrected chi connectivity index (χ1v) is 14.4. The van der Waals surface area contributed by atoms with Gasteiger partial charge in [0.05, 0.1) is 6.17 Å². The molecule has 0 aliphatic heterocycles. The van der Waals surface area contributed by atoms with Crippen LogP contribution in [0.5, 0.6) is 0 Å². The lowest BCUT2D eigenvalue weighted by Crippen LogP contribution is -2.49. The molecule has 0 saturated heterocycles. The van der Waals surface area contributed by atoms with Crippen molar-refractivity contribution in [2.45, 2.75) is 174 Å². The third-order valence-corrected chi connectivity index (χ3v) is 6.53. The average molecular weight is 455 g/mol. The number of hydrogen-bond acceptors (Lipinski definition) is 3. The Morgan fingerprint density at radius 1 is 0.594 bits per heavy atom. The summed E-state index contributed by atoms with van der Waals surface area (Å²) >= 11 is 0.